The maximum Gasteiger partial charge on any atom is 0.315 e. The second-order valence-electron chi connectivity index (χ2n) is 4.87. The van der Waals surface area contributed by atoms with Gasteiger partial charge in [0.2, 0.25) is 0 Å². The Morgan fingerprint density at radius 2 is 2.20 bits per heavy atom. The molecule has 1 aromatic rings. The lowest BCUT2D eigenvalue weighted by molar-refractivity contribution is -0.142. The quantitative estimate of drug-likeness (QED) is 0.781. The van der Waals surface area contributed by atoms with Crippen LogP contribution in [0.15, 0.2) is 6.07 Å². The van der Waals surface area contributed by atoms with Gasteiger partial charge < -0.3 is 20.5 Å². The van der Waals surface area contributed by atoms with E-state index in [0.29, 0.717) is 6.54 Å². The summed E-state index contributed by atoms with van der Waals surface area (Å²) in [6.45, 7) is 4.89. The average molecular weight is 298 g/mol. The van der Waals surface area contributed by atoms with Crippen molar-refractivity contribution in [2.75, 3.05) is 13.2 Å². The highest BCUT2D eigenvalue weighted by Gasteiger charge is 2.34. The molecule has 2 heterocycles. The van der Waals surface area contributed by atoms with Gasteiger partial charge in [-0.3, -0.25) is 4.79 Å². The molecule has 0 aromatic carbocycles. The number of rotatable bonds is 4. The molecule has 7 heteroatoms. The fourth-order valence-corrected chi connectivity index (χ4v) is 3.06. The van der Waals surface area contributed by atoms with Crippen LogP contribution in [0.5, 0.6) is 0 Å². The minimum absolute atomic E-state index is 0.142. The maximum atomic E-state index is 11.8. The molecule has 3 N–H and O–H groups in total. The molecule has 0 aliphatic carbocycles. The van der Waals surface area contributed by atoms with Gasteiger partial charge >= 0.3 is 12.0 Å². The number of urea groups is 1. The second kappa shape index (κ2) is 6.23. The maximum absolute atomic E-state index is 11.8. The van der Waals surface area contributed by atoms with E-state index in [4.69, 9.17) is 9.84 Å². The molecule has 2 atom stereocenters. The lowest BCUT2D eigenvalue weighted by atomic mass is 10.0. The van der Waals surface area contributed by atoms with Crippen LogP contribution in [0.3, 0.4) is 0 Å². The lowest BCUT2D eigenvalue weighted by Crippen LogP contribution is -2.46. The molecule has 6 nitrogen and oxygen atoms in total. The monoisotopic (exact) mass is 298 g/mol. The highest BCUT2D eigenvalue weighted by Crippen LogP contribution is 2.20. The summed E-state index contributed by atoms with van der Waals surface area (Å²) in [5.74, 6) is -1.62. The predicted octanol–water partition coefficient (Wildman–Crippen LogP) is 1.26. The van der Waals surface area contributed by atoms with Gasteiger partial charge in [0.1, 0.15) is 5.92 Å². The van der Waals surface area contributed by atoms with Crippen molar-refractivity contribution >= 4 is 23.3 Å². The first-order valence-corrected chi connectivity index (χ1v) is 7.20. The number of aryl methyl sites for hydroxylation is 2. The molecule has 1 aliphatic rings. The Hall–Kier alpha value is -1.60. The predicted molar refractivity (Wildman–Crippen MR) is 74.9 cm³/mol. The van der Waals surface area contributed by atoms with Gasteiger partial charge in [-0.15, -0.1) is 11.3 Å². The third-order valence-corrected chi connectivity index (χ3v) is 4.51. The number of carbonyl (C=O) groups excluding carboxylic acids is 1. The van der Waals surface area contributed by atoms with Crippen molar-refractivity contribution in [2.45, 2.75) is 26.4 Å². The van der Waals surface area contributed by atoms with Crippen LogP contribution in [0.25, 0.3) is 0 Å². The number of ether oxygens (including phenoxy) is 1. The number of hydrogen-bond donors (Lipinski definition) is 3. The highest BCUT2D eigenvalue weighted by atomic mass is 32.1. The van der Waals surface area contributed by atoms with E-state index in [2.05, 4.69) is 10.6 Å². The third kappa shape index (κ3) is 3.49. The van der Waals surface area contributed by atoms with Crippen molar-refractivity contribution in [1.82, 2.24) is 10.6 Å². The fraction of sp³-hybridized carbons (Fsp3) is 0.538. The number of amides is 2. The molecule has 0 spiro atoms. The Labute approximate surface area is 121 Å². The van der Waals surface area contributed by atoms with Gasteiger partial charge in [-0.1, -0.05) is 0 Å². The molecule has 0 bridgehead atoms. The van der Waals surface area contributed by atoms with Crippen molar-refractivity contribution in [3.05, 3.63) is 21.4 Å². The summed E-state index contributed by atoms with van der Waals surface area (Å²) in [6, 6.07) is 1.20. The molecule has 110 valence electrons. The Morgan fingerprint density at radius 1 is 1.45 bits per heavy atom. The first-order chi connectivity index (χ1) is 9.47. The number of carboxylic acids is 1. The van der Waals surface area contributed by atoms with Crippen LogP contribution in [-0.2, 0) is 16.1 Å². The van der Waals surface area contributed by atoms with Gasteiger partial charge in [-0.2, -0.15) is 0 Å². The number of aliphatic carboxylic acids is 1. The van der Waals surface area contributed by atoms with Crippen molar-refractivity contribution in [1.29, 1.82) is 0 Å². The van der Waals surface area contributed by atoms with Gasteiger partial charge in [0.15, 0.2) is 0 Å². The van der Waals surface area contributed by atoms with E-state index < -0.39 is 17.9 Å². The van der Waals surface area contributed by atoms with Gasteiger partial charge in [-0.25, -0.2) is 4.79 Å². The van der Waals surface area contributed by atoms with Crippen LogP contribution in [0.4, 0.5) is 4.79 Å². The van der Waals surface area contributed by atoms with Crippen LogP contribution in [-0.4, -0.2) is 36.4 Å². The number of thiophene rings is 1. The Kier molecular flexibility index (Phi) is 4.61. The van der Waals surface area contributed by atoms with E-state index in [1.165, 1.54) is 10.4 Å². The molecule has 0 radical (unpaired) electrons. The van der Waals surface area contributed by atoms with Gasteiger partial charge in [-0.05, 0) is 25.5 Å². The summed E-state index contributed by atoms with van der Waals surface area (Å²) in [5, 5.41) is 14.4. The Balaban J connectivity index is 1.82. The fourth-order valence-electron chi connectivity index (χ4n) is 2.06. The molecule has 2 amide bonds. The molecular formula is C13H18N2O4S. The van der Waals surface area contributed by atoms with Gasteiger partial charge in [0, 0.05) is 9.75 Å². The molecule has 1 aromatic heterocycles. The number of nitrogens with one attached hydrogen (secondary N) is 2. The summed E-state index contributed by atoms with van der Waals surface area (Å²) >= 11 is 1.64. The zero-order valence-electron chi connectivity index (χ0n) is 11.4. The normalized spacial score (nSPS) is 21.7. The second-order valence-corrected chi connectivity index (χ2v) is 6.21. The lowest BCUT2D eigenvalue weighted by Gasteiger charge is -2.15. The zero-order valence-corrected chi connectivity index (χ0v) is 12.3. The SMILES string of the molecule is Cc1cc(CNC(=O)NC2COCC2C(=O)O)sc1C. The molecule has 2 rings (SSSR count). The molecule has 0 saturated carbocycles. The van der Waals surface area contributed by atoms with Crippen molar-refractivity contribution in [3.8, 4) is 0 Å². The standard InChI is InChI=1S/C13H18N2O4S/c1-7-3-9(20-8(7)2)4-14-13(18)15-11-6-19-5-10(11)12(16)17/h3,10-11H,4-6H2,1-2H3,(H,16,17)(H2,14,15,18). The first-order valence-electron chi connectivity index (χ1n) is 6.38. The summed E-state index contributed by atoms with van der Waals surface area (Å²) in [6.07, 6.45) is 0. The van der Waals surface area contributed by atoms with E-state index in [-0.39, 0.29) is 19.2 Å². The Morgan fingerprint density at radius 3 is 2.80 bits per heavy atom. The average Bonchev–Trinajstić information content (AvgIpc) is 2.95. The molecular weight excluding hydrogens is 280 g/mol. The van der Waals surface area contributed by atoms with Crippen molar-refractivity contribution in [2.24, 2.45) is 5.92 Å². The third-order valence-electron chi connectivity index (χ3n) is 3.35. The highest BCUT2D eigenvalue weighted by molar-refractivity contribution is 7.12. The van der Waals surface area contributed by atoms with Gasteiger partial charge in [0.25, 0.3) is 0 Å². The van der Waals surface area contributed by atoms with E-state index in [9.17, 15) is 9.59 Å². The largest absolute Gasteiger partial charge is 0.481 e. The van der Waals surface area contributed by atoms with E-state index in [1.54, 1.807) is 11.3 Å². The van der Waals surface area contributed by atoms with Crippen LogP contribution >= 0.6 is 11.3 Å². The summed E-state index contributed by atoms with van der Waals surface area (Å²) in [4.78, 5) is 25.0. The van der Waals surface area contributed by atoms with Crippen molar-refractivity contribution < 1.29 is 19.4 Å². The summed E-state index contributed by atoms with van der Waals surface area (Å²) in [7, 11) is 0. The Bertz CT molecular complexity index is 495. The van der Waals surface area contributed by atoms with Crippen LogP contribution in [0.1, 0.15) is 15.3 Å². The zero-order chi connectivity index (χ0) is 14.7. The van der Waals surface area contributed by atoms with Crippen molar-refractivity contribution in [3.63, 3.8) is 0 Å². The summed E-state index contributed by atoms with van der Waals surface area (Å²) < 4.78 is 5.09. The van der Waals surface area contributed by atoms with E-state index in [0.717, 1.165) is 4.88 Å². The van der Waals surface area contributed by atoms with Gasteiger partial charge in [0.05, 0.1) is 25.8 Å². The van der Waals surface area contributed by atoms with E-state index >= 15 is 0 Å². The first kappa shape index (κ1) is 14.8. The molecule has 1 aliphatic heterocycles. The minimum Gasteiger partial charge on any atom is -0.481 e. The topological polar surface area (TPSA) is 87.7 Å². The number of carboxylic acid groups (broad SMARTS) is 1. The van der Waals surface area contributed by atoms with Crippen LogP contribution in [0, 0.1) is 19.8 Å². The number of carbonyl (C=O) groups is 2. The minimum atomic E-state index is -0.947. The molecule has 20 heavy (non-hydrogen) atoms. The molecule has 1 saturated heterocycles. The smallest absolute Gasteiger partial charge is 0.315 e. The summed E-state index contributed by atoms with van der Waals surface area (Å²) in [5.41, 5.74) is 1.21. The molecule has 1 fully saturated rings. The van der Waals surface area contributed by atoms with E-state index in [1.807, 2.05) is 19.9 Å². The van der Waals surface area contributed by atoms with Crippen LogP contribution in [0.2, 0.25) is 0 Å². The van der Waals surface area contributed by atoms with Crippen LogP contribution < -0.4 is 10.6 Å². The number of hydrogen-bond acceptors (Lipinski definition) is 4. The molecule has 2 unspecified atom stereocenters.